The highest BCUT2D eigenvalue weighted by Gasteiger charge is 2.73. The van der Waals surface area contributed by atoms with Gasteiger partial charge in [0.25, 0.3) is 0 Å². The molecule has 3 fully saturated rings. The fourth-order valence-corrected chi connectivity index (χ4v) is 7.14. The zero-order valence-corrected chi connectivity index (χ0v) is 17.6. The second-order valence-corrected chi connectivity index (χ2v) is 9.71. The van der Waals surface area contributed by atoms with Crippen LogP contribution in [0, 0.1) is 46.8 Å². The Hall–Kier alpha value is -2.76. The third-order valence-electron chi connectivity index (χ3n) is 8.39. The average Bonchev–Trinajstić information content (AvgIpc) is 3.30. The Kier molecular flexibility index (Phi) is 4.47. The molecule has 4 aliphatic carbocycles. The maximum atomic E-state index is 13.9. The van der Waals surface area contributed by atoms with Crippen LogP contribution in [0.2, 0.25) is 0 Å². The molecular formula is C25H26O6. The number of carbonyl (C=O) groups excluding carboxylic acids is 3. The van der Waals surface area contributed by atoms with E-state index in [2.05, 4.69) is 0 Å². The molecule has 1 aromatic carbocycles. The first-order chi connectivity index (χ1) is 14.8. The van der Waals surface area contributed by atoms with E-state index in [1.807, 2.05) is 13.0 Å². The molecule has 0 heterocycles. The fourth-order valence-electron chi connectivity index (χ4n) is 7.14. The lowest BCUT2D eigenvalue weighted by Crippen LogP contribution is -2.67. The molecule has 3 saturated carbocycles. The zero-order valence-electron chi connectivity index (χ0n) is 17.6. The van der Waals surface area contributed by atoms with Gasteiger partial charge in [-0.2, -0.15) is 0 Å². The second kappa shape index (κ2) is 6.87. The maximum Gasteiger partial charge on any atom is 0.338 e. The third-order valence-corrected chi connectivity index (χ3v) is 8.39. The number of carboxylic acid groups (broad SMARTS) is 1. The van der Waals surface area contributed by atoms with Crippen LogP contribution >= 0.6 is 0 Å². The molecule has 6 nitrogen and oxygen atoms in total. The highest BCUT2D eigenvalue weighted by Crippen LogP contribution is 2.64. The monoisotopic (exact) mass is 422 g/mol. The first-order valence-electron chi connectivity index (χ1n) is 11.0. The van der Waals surface area contributed by atoms with E-state index in [0.29, 0.717) is 18.4 Å². The van der Waals surface area contributed by atoms with E-state index in [1.165, 1.54) is 0 Å². The van der Waals surface area contributed by atoms with E-state index >= 15 is 0 Å². The number of ether oxygens (including phenoxy) is 1. The smallest absolute Gasteiger partial charge is 0.338 e. The Labute approximate surface area is 180 Å². The van der Waals surface area contributed by atoms with E-state index in [0.717, 1.165) is 0 Å². The SMILES string of the molecule is C[C@@H]1C=C[C@H](C)[C@H]2[C@H](OC(=O)c3ccccc3)C3C(C(=O)[C@@]21C(=O)O)[C@H]1C[C@@H]3CC1=O. The van der Waals surface area contributed by atoms with Crippen LogP contribution in [0.25, 0.3) is 0 Å². The Morgan fingerprint density at radius 2 is 1.81 bits per heavy atom. The molecule has 0 amide bonds. The van der Waals surface area contributed by atoms with E-state index in [4.69, 9.17) is 4.74 Å². The fraction of sp³-hybridized carbons (Fsp3) is 0.520. The van der Waals surface area contributed by atoms with Crippen LogP contribution in [0.3, 0.4) is 0 Å². The van der Waals surface area contributed by atoms with Crippen molar-refractivity contribution in [3.63, 3.8) is 0 Å². The molecule has 0 aromatic heterocycles. The van der Waals surface area contributed by atoms with Gasteiger partial charge in [0.2, 0.25) is 0 Å². The van der Waals surface area contributed by atoms with Gasteiger partial charge in [0, 0.05) is 30.1 Å². The molecule has 31 heavy (non-hydrogen) atoms. The van der Waals surface area contributed by atoms with Gasteiger partial charge in [-0.1, -0.05) is 44.2 Å². The molecular weight excluding hydrogens is 396 g/mol. The summed E-state index contributed by atoms with van der Waals surface area (Å²) < 4.78 is 6.09. The van der Waals surface area contributed by atoms with E-state index in [1.54, 1.807) is 43.3 Å². The lowest BCUT2D eigenvalue weighted by molar-refractivity contribution is -0.189. The van der Waals surface area contributed by atoms with Crippen molar-refractivity contribution >= 4 is 23.5 Å². The number of esters is 1. The minimum atomic E-state index is -1.69. The van der Waals surface area contributed by atoms with Gasteiger partial charge in [-0.25, -0.2) is 4.79 Å². The summed E-state index contributed by atoms with van der Waals surface area (Å²) in [6.07, 6.45) is 3.96. The minimum absolute atomic E-state index is 0.0405. The van der Waals surface area contributed by atoms with Gasteiger partial charge in [0.1, 0.15) is 17.3 Å². The van der Waals surface area contributed by atoms with Crippen LogP contribution in [-0.4, -0.2) is 34.7 Å². The van der Waals surface area contributed by atoms with Crippen molar-refractivity contribution in [2.24, 2.45) is 46.8 Å². The Morgan fingerprint density at radius 1 is 1.10 bits per heavy atom. The van der Waals surface area contributed by atoms with Gasteiger partial charge in [-0.15, -0.1) is 0 Å². The predicted molar refractivity (Wildman–Crippen MR) is 110 cm³/mol. The number of carbonyl (C=O) groups is 4. The van der Waals surface area contributed by atoms with Crippen LogP contribution in [-0.2, 0) is 19.1 Å². The summed E-state index contributed by atoms with van der Waals surface area (Å²) in [6, 6.07) is 8.62. The summed E-state index contributed by atoms with van der Waals surface area (Å²) >= 11 is 0. The molecule has 0 radical (unpaired) electrons. The number of aliphatic carboxylic acids is 1. The van der Waals surface area contributed by atoms with Gasteiger partial charge in [-0.3, -0.25) is 14.4 Å². The molecule has 162 valence electrons. The van der Waals surface area contributed by atoms with Gasteiger partial charge >= 0.3 is 11.9 Å². The molecule has 0 spiro atoms. The lowest BCUT2D eigenvalue weighted by atomic mass is 9.47. The first-order valence-corrected chi connectivity index (χ1v) is 11.0. The summed E-state index contributed by atoms with van der Waals surface area (Å²) in [7, 11) is 0. The quantitative estimate of drug-likeness (QED) is 0.457. The number of rotatable bonds is 3. The number of carboxylic acids is 1. The van der Waals surface area contributed by atoms with Gasteiger partial charge < -0.3 is 9.84 Å². The van der Waals surface area contributed by atoms with Crippen molar-refractivity contribution in [2.45, 2.75) is 32.8 Å². The maximum absolute atomic E-state index is 13.9. The molecule has 0 aliphatic heterocycles. The van der Waals surface area contributed by atoms with Crippen LogP contribution in [0.5, 0.6) is 0 Å². The van der Waals surface area contributed by atoms with Gasteiger partial charge in [-0.05, 0) is 36.3 Å². The minimum Gasteiger partial charge on any atom is -0.480 e. The van der Waals surface area contributed by atoms with E-state index in [-0.39, 0.29) is 29.3 Å². The standard InChI is InChI=1S/C25H26O6/c1-12-8-9-13(2)25(24(29)30)20(12)21(31-23(28)14-6-4-3-5-7-14)18-15-10-16(17(26)11-15)19(18)22(25)27/h3-9,12-13,15-16,18-21H,10-11H2,1-2H3,(H,29,30)/t12-,13+,15+,16-,18?,19?,20-,21+,25-/m0/s1. The largest absolute Gasteiger partial charge is 0.480 e. The second-order valence-electron chi connectivity index (χ2n) is 9.71. The highest BCUT2D eigenvalue weighted by atomic mass is 16.5. The number of fused-ring (bicyclic) bond motifs is 6. The van der Waals surface area contributed by atoms with Crippen LogP contribution in [0.4, 0.5) is 0 Å². The van der Waals surface area contributed by atoms with Crippen LogP contribution in [0.1, 0.15) is 37.0 Å². The number of hydrogen-bond donors (Lipinski definition) is 1. The molecule has 1 aromatic rings. The summed E-state index contributed by atoms with van der Waals surface area (Å²) in [4.78, 5) is 52.3. The number of benzene rings is 1. The van der Waals surface area contributed by atoms with Gasteiger partial charge in [0.15, 0.2) is 5.78 Å². The lowest BCUT2D eigenvalue weighted by Gasteiger charge is -2.55. The normalized spacial score (nSPS) is 42.8. The van der Waals surface area contributed by atoms with Gasteiger partial charge in [0.05, 0.1) is 5.56 Å². The molecule has 2 unspecified atom stereocenters. The summed E-state index contributed by atoms with van der Waals surface area (Å²) in [5, 5.41) is 10.4. The van der Waals surface area contributed by atoms with Crippen molar-refractivity contribution in [3.05, 3.63) is 48.0 Å². The highest BCUT2D eigenvalue weighted by molar-refractivity contribution is 6.08. The molecule has 6 heteroatoms. The molecule has 5 rings (SSSR count). The molecule has 0 saturated heterocycles. The Balaban J connectivity index is 1.65. The zero-order chi connectivity index (χ0) is 22.1. The van der Waals surface area contributed by atoms with Crippen molar-refractivity contribution in [1.29, 1.82) is 0 Å². The van der Waals surface area contributed by atoms with E-state index < -0.39 is 47.1 Å². The van der Waals surface area contributed by atoms with Crippen LogP contribution < -0.4 is 0 Å². The Morgan fingerprint density at radius 3 is 2.48 bits per heavy atom. The topological polar surface area (TPSA) is 97.7 Å². The number of Topliss-reactive ketones (excluding diaryl/α,β-unsaturated/α-hetero) is 2. The number of ketones is 2. The van der Waals surface area contributed by atoms with Crippen molar-refractivity contribution < 1.29 is 29.0 Å². The van der Waals surface area contributed by atoms with Crippen molar-refractivity contribution in [3.8, 4) is 0 Å². The average molecular weight is 422 g/mol. The molecule has 2 bridgehead atoms. The molecule has 1 N–H and O–H groups in total. The van der Waals surface area contributed by atoms with E-state index in [9.17, 15) is 24.3 Å². The predicted octanol–water partition coefficient (Wildman–Crippen LogP) is 3.17. The summed E-state index contributed by atoms with van der Waals surface area (Å²) in [5.74, 6) is -4.94. The third kappa shape index (κ3) is 2.57. The summed E-state index contributed by atoms with van der Waals surface area (Å²) in [6.45, 7) is 3.63. The van der Waals surface area contributed by atoms with Crippen molar-refractivity contribution in [2.75, 3.05) is 0 Å². The number of allylic oxidation sites excluding steroid dienone is 2. The summed E-state index contributed by atoms with van der Waals surface area (Å²) in [5.41, 5.74) is -1.30. The first kappa shape index (κ1) is 20.2. The van der Waals surface area contributed by atoms with Crippen LogP contribution in [0.15, 0.2) is 42.5 Å². The Bertz CT molecular complexity index is 997. The van der Waals surface area contributed by atoms with Crippen molar-refractivity contribution in [1.82, 2.24) is 0 Å². The molecule has 4 aliphatic rings. The molecule has 9 atom stereocenters. The number of hydrogen-bond acceptors (Lipinski definition) is 5.